The van der Waals surface area contributed by atoms with E-state index in [9.17, 15) is 9.18 Å². The van der Waals surface area contributed by atoms with Crippen LogP contribution in [0.4, 0.5) is 4.39 Å². The van der Waals surface area contributed by atoms with E-state index >= 15 is 0 Å². The fraction of sp³-hybridized carbons (Fsp3) is 0. The molecule has 0 bridgehead atoms. The number of carbonyl (C=O) groups excluding carboxylic acids is 1. The first kappa shape index (κ1) is 11.7. The molecule has 0 amide bonds. The standard InChI is InChI=1S/C10H10FN3O2/c11-8-3-1-2-7(6-8)4-5-9(15)16-14-10(12)13/h1-6H,(H4,12,13,14)/b5-4+. The minimum Gasteiger partial charge on any atom is -0.367 e. The van der Waals surface area contributed by atoms with Crippen molar-refractivity contribution in [3.8, 4) is 0 Å². The molecule has 4 N–H and O–H groups in total. The Morgan fingerprint density at radius 1 is 1.44 bits per heavy atom. The largest absolute Gasteiger partial charge is 0.367 e. The molecule has 5 nitrogen and oxygen atoms in total. The lowest BCUT2D eigenvalue weighted by Gasteiger charge is -1.93. The average molecular weight is 223 g/mol. The topological polar surface area (TPSA) is 90.7 Å². The molecule has 0 saturated carbocycles. The number of carbonyl (C=O) groups is 1. The van der Waals surface area contributed by atoms with Gasteiger partial charge in [0.1, 0.15) is 5.82 Å². The summed E-state index contributed by atoms with van der Waals surface area (Å²) in [6.07, 6.45) is 2.47. The van der Waals surface area contributed by atoms with Crippen molar-refractivity contribution in [2.45, 2.75) is 0 Å². The maximum Gasteiger partial charge on any atom is 0.358 e. The van der Waals surface area contributed by atoms with Gasteiger partial charge in [-0.1, -0.05) is 12.1 Å². The van der Waals surface area contributed by atoms with E-state index < -0.39 is 5.97 Å². The molecule has 0 heterocycles. The molecule has 1 aromatic carbocycles. The molecular weight excluding hydrogens is 213 g/mol. The van der Waals surface area contributed by atoms with Crippen LogP contribution in [0, 0.1) is 5.82 Å². The molecule has 0 aliphatic heterocycles. The number of hydrogen-bond donors (Lipinski definition) is 2. The predicted octanol–water partition coefficient (Wildman–Crippen LogP) is 0.570. The monoisotopic (exact) mass is 223 g/mol. The summed E-state index contributed by atoms with van der Waals surface area (Å²) >= 11 is 0. The smallest absolute Gasteiger partial charge is 0.358 e. The summed E-state index contributed by atoms with van der Waals surface area (Å²) in [6, 6.07) is 5.73. The molecule has 0 radical (unpaired) electrons. The van der Waals surface area contributed by atoms with Crippen LogP contribution in [0.1, 0.15) is 5.56 Å². The highest BCUT2D eigenvalue weighted by Crippen LogP contribution is 2.05. The van der Waals surface area contributed by atoms with Crippen LogP contribution in [0.25, 0.3) is 6.08 Å². The molecule has 1 aromatic rings. The first-order chi connectivity index (χ1) is 7.58. The van der Waals surface area contributed by atoms with Crippen molar-refractivity contribution in [1.29, 1.82) is 0 Å². The van der Waals surface area contributed by atoms with Crippen molar-refractivity contribution >= 4 is 18.0 Å². The Kier molecular flexibility index (Phi) is 4.02. The van der Waals surface area contributed by atoms with Gasteiger partial charge in [0.05, 0.1) is 0 Å². The van der Waals surface area contributed by atoms with Crippen molar-refractivity contribution in [2.24, 2.45) is 16.6 Å². The van der Waals surface area contributed by atoms with Gasteiger partial charge in [-0.15, -0.1) is 0 Å². The SMILES string of the molecule is NC(N)=NOC(=O)/C=C/c1cccc(F)c1. The van der Waals surface area contributed by atoms with Gasteiger partial charge in [0.2, 0.25) is 5.96 Å². The van der Waals surface area contributed by atoms with Crippen molar-refractivity contribution < 1.29 is 14.0 Å². The average Bonchev–Trinajstić information content (AvgIpc) is 2.23. The lowest BCUT2D eigenvalue weighted by Crippen LogP contribution is -2.23. The van der Waals surface area contributed by atoms with Crippen molar-refractivity contribution in [3.05, 3.63) is 41.7 Å². The third kappa shape index (κ3) is 4.23. The number of oxime groups is 1. The zero-order chi connectivity index (χ0) is 12.0. The zero-order valence-electron chi connectivity index (χ0n) is 8.26. The van der Waals surface area contributed by atoms with E-state index in [-0.39, 0.29) is 11.8 Å². The Morgan fingerprint density at radius 2 is 2.19 bits per heavy atom. The minimum absolute atomic E-state index is 0.354. The van der Waals surface area contributed by atoms with E-state index in [1.165, 1.54) is 24.3 Å². The number of nitrogens with two attached hydrogens (primary N) is 2. The number of nitrogens with zero attached hydrogens (tertiary/aromatic N) is 1. The van der Waals surface area contributed by atoms with E-state index in [1.54, 1.807) is 6.07 Å². The minimum atomic E-state index is -0.752. The molecule has 1 rings (SSSR count). The Bertz CT molecular complexity index is 439. The molecule has 6 heteroatoms. The number of rotatable bonds is 3. The van der Waals surface area contributed by atoms with Crippen molar-refractivity contribution in [1.82, 2.24) is 0 Å². The maximum atomic E-state index is 12.7. The van der Waals surface area contributed by atoms with E-state index in [1.807, 2.05) is 0 Å². The molecule has 0 spiro atoms. The number of guanidine groups is 1. The van der Waals surface area contributed by atoms with Crippen LogP contribution in [0.2, 0.25) is 0 Å². The predicted molar refractivity (Wildman–Crippen MR) is 57.3 cm³/mol. The summed E-state index contributed by atoms with van der Waals surface area (Å²) in [4.78, 5) is 15.3. The molecular formula is C10H10FN3O2. The second kappa shape index (κ2) is 5.50. The third-order valence-corrected chi connectivity index (χ3v) is 1.50. The lowest BCUT2D eigenvalue weighted by atomic mass is 10.2. The van der Waals surface area contributed by atoms with Gasteiger partial charge in [-0.05, 0) is 28.9 Å². The Morgan fingerprint density at radius 3 is 2.81 bits per heavy atom. The normalized spacial score (nSPS) is 10.1. The molecule has 0 saturated heterocycles. The van der Waals surface area contributed by atoms with E-state index in [0.717, 1.165) is 6.08 Å². The van der Waals surface area contributed by atoms with Crippen LogP contribution < -0.4 is 11.5 Å². The second-order valence-corrected chi connectivity index (χ2v) is 2.81. The fourth-order valence-electron chi connectivity index (χ4n) is 0.903. The van der Waals surface area contributed by atoms with E-state index in [0.29, 0.717) is 5.56 Å². The van der Waals surface area contributed by atoms with Gasteiger partial charge < -0.3 is 16.3 Å². The van der Waals surface area contributed by atoms with Crippen LogP contribution in [0.3, 0.4) is 0 Å². The van der Waals surface area contributed by atoms with Crippen LogP contribution in [0.15, 0.2) is 35.5 Å². The summed E-state index contributed by atoms with van der Waals surface area (Å²) in [5.74, 6) is -1.50. The molecule has 0 aromatic heterocycles. The number of benzene rings is 1. The van der Waals surface area contributed by atoms with Gasteiger partial charge in [-0.3, -0.25) is 0 Å². The van der Waals surface area contributed by atoms with Gasteiger partial charge in [-0.25, -0.2) is 9.18 Å². The van der Waals surface area contributed by atoms with Crippen molar-refractivity contribution in [2.75, 3.05) is 0 Å². The van der Waals surface area contributed by atoms with Crippen molar-refractivity contribution in [3.63, 3.8) is 0 Å². The summed E-state index contributed by atoms with van der Waals surface area (Å²) in [6.45, 7) is 0. The Hall–Kier alpha value is -2.37. The van der Waals surface area contributed by atoms with Gasteiger partial charge >= 0.3 is 5.97 Å². The number of hydrogen-bond acceptors (Lipinski definition) is 3. The summed E-state index contributed by atoms with van der Waals surface area (Å²) < 4.78 is 12.7. The zero-order valence-corrected chi connectivity index (χ0v) is 8.26. The van der Waals surface area contributed by atoms with Crippen LogP contribution in [0.5, 0.6) is 0 Å². The van der Waals surface area contributed by atoms with Gasteiger partial charge in [-0.2, -0.15) is 0 Å². The summed E-state index contributed by atoms with van der Waals surface area (Å²) in [5, 5.41) is 3.05. The maximum absolute atomic E-state index is 12.7. The Labute approximate surface area is 91.2 Å². The highest BCUT2D eigenvalue weighted by molar-refractivity contribution is 5.87. The van der Waals surface area contributed by atoms with Crippen LogP contribution in [-0.2, 0) is 9.63 Å². The molecule has 0 aliphatic carbocycles. The van der Waals surface area contributed by atoms with Gasteiger partial charge in [0, 0.05) is 6.08 Å². The molecule has 16 heavy (non-hydrogen) atoms. The van der Waals surface area contributed by atoms with E-state index in [2.05, 4.69) is 9.99 Å². The highest BCUT2D eigenvalue weighted by atomic mass is 19.1. The van der Waals surface area contributed by atoms with Gasteiger partial charge in [0.15, 0.2) is 0 Å². The van der Waals surface area contributed by atoms with Crippen LogP contribution >= 0.6 is 0 Å². The molecule has 0 unspecified atom stereocenters. The molecule has 84 valence electrons. The molecule has 0 aliphatic rings. The summed E-state index contributed by atoms with van der Waals surface area (Å²) in [7, 11) is 0. The number of halogens is 1. The lowest BCUT2D eigenvalue weighted by molar-refractivity contribution is -0.137. The molecule has 0 fully saturated rings. The van der Waals surface area contributed by atoms with Crippen LogP contribution in [-0.4, -0.2) is 11.9 Å². The first-order valence-electron chi connectivity index (χ1n) is 4.31. The summed E-state index contributed by atoms with van der Waals surface area (Å²) in [5.41, 5.74) is 10.4. The Balaban J connectivity index is 2.60. The first-order valence-corrected chi connectivity index (χ1v) is 4.31. The second-order valence-electron chi connectivity index (χ2n) is 2.81. The fourth-order valence-corrected chi connectivity index (χ4v) is 0.903. The third-order valence-electron chi connectivity index (χ3n) is 1.50. The quantitative estimate of drug-likeness (QED) is 0.258. The van der Waals surface area contributed by atoms with Gasteiger partial charge in [0.25, 0.3) is 0 Å². The molecule has 0 atom stereocenters. The van der Waals surface area contributed by atoms with E-state index in [4.69, 9.17) is 11.5 Å². The highest BCUT2D eigenvalue weighted by Gasteiger charge is 1.96.